The van der Waals surface area contributed by atoms with Gasteiger partial charge < -0.3 is 14.8 Å². The molecule has 0 amide bonds. The molecule has 1 aliphatic heterocycles. The molecular formula is C19H20N2O7. The Morgan fingerprint density at radius 2 is 1.79 bits per heavy atom. The van der Waals surface area contributed by atoms with Gasteiger partial charge in [-0.3, -0.25) is 14.9 Å². The third-order valence-corrected chi connectivity index (χ3v) is 4.12. The summed E-state index contributed by atoms with van der Waals surface area (Å²) in [5, 5.41) is 13.7. The van der Waals surface area contributed by atoms with Crippen LogP contribution in [0, 0.1) is 10.1 Å². The highest BCUT2D eigenvalue weighted by atomic mass is 16.6. The molecular weight excluding hydrogens is 368 g/mol. The quantitative estimate of drug-likeness (QED) is 0.340. The number of nitro groups is 1. The normalized spacial score (nSPS) is 16.5. The van der Waals surface area contributed by atoms with Crippen LogP contribution in [0.5, 0.6) is 0 Å². The number of hydrogen-bond acceptors (Lipinski definition) is 8. The van der Waals surface area contributed by atoms with E-state index in [1.54, 1.807) is 20.8 Å². The minimum Gasteiger partial charge on any atom is -0.466 e. The van der Waals surface area contributed by atoms with Gasteiger partial charge in [-0.1, -0.05) is 12.1 Å². The highest BCUT2D eigenvalue weighted by molar-refractivity contribution is 6.03. The van der Waals surface area contributed by atoms with Crippen molar-refractivity contribution in [1.29, 1.82) is 0 Å². The van der Waals surface area contributed by atoms with Crippen molar-refractivity contribution in [2.75, 3.05) is 7.11 Å². The number of nitro benzene ring substituents is 1. The van der Waals surface area contributed by atoms with E-state index < -0.39 is 28.9 Å². The second kappa shape index (κ2) is 8.47. The van der Waals surface area contributed by atoms with E-state index in [9.17, 15) is 24.5 Å². The van der Waals surface area contributed by atoms with Crippen molar-refractivity contribution in [1.82, 2.24) is 5.32 Å². The van der Waals surface area contributed by atoms with Crippen molar-refractivity contribution in [2.45, 2.75) is 32.8 Å². The van der Waals surface area contributed by atoms with Crippen molar-refractivity contribution >= 4 is 23.9 Å². The van der Waals surface area contributed by atoms with Crippen LogP contribution in [0.1, 0.15) is 32.3 Å². The molecule has 9 nitrogen and oxygen atoms in total. The van der Waals surface area contributed by atoms with Gasteiger partial charge in [0.1, 0.15) is 0 Å². The van der Waals surface area contributed by atoms with Crippen LogP contribution in [0.2, 0.25) is 0 Å². The van der Waals surface area contributed by atoms with E-state index in [0.717, 1.165) is 7.11 Å². The van der Waals surface area contributed by atoms with E-state index in [2.05, 4.69) is 5.32 Å². The van der Waals surface area contributed by atoms with Crippen molar-refractivity contribution < 1.29 is 28.8 Å². The van der Waals surface area contributed by atoms with Crippen LogP contribution in [0.25, 0.3) is 0 Å². The molecule has 9 heteroatoms. The molecule has 0 aliphatic carbocycles. The molecule has 0 fully saturated rings. The number of dihydropyridines is 1. The molecule has 1 aromatic carbocycles. The van der Waals surface area contributed by atoms with Crippen molar-refractivity contribution in [3.8, 4) is 0 Å². The van der Waals surface area contributed by atoms with E-state index >= 15 is 0 Å². The number of carbonyl (C=O) groups excluding carboxylic acids is 3. The van der Waals surface area contributed by atoms with Gasteiger partial charge in [0.15, 0.2) is 6.29 Å². The summed E-state index contributed by atoms with van der Waals surface area (Å²) in [6, 6.07) is 5.37. The van der Waals surface area contributed by atoms with Crippen LogP contribution in [0.4, 0.5) is 5.69 Å². The maximum Gasteiger partial charge on any atom is 0.337 e. The molecule has 1 heterocycles. The SMILES string of the molecule is COC(=O)C1=C(C=O)NC(C)=C(C(=O)OC(C)C)C1c1ccc([N+](=O)[O-])cc1. The Bertz CT molecular complexity index is 882. The van der Waals surface area contributed by atoms with Crippen LogP contribution in [0.3, 0.4) is 0 Å². The molecule has 148 valence electrons. The molecule has 0 aromatic heterocycles. The van der Waals surface area contributed by atoms with Gasteiger partial charge in [0.2, 0.25) is 0 Å². The summed E-state index contributed by atoms with van der Waals surface area (Å²) in [5.74, 6) is -2.46. The van der Waals surface area contributed by atoms with Gasteiger partial charge in [0.25, 0.3) is 5.69 Å². The number of ether oxygens (including phenoxy) is 2. The van der Waals surface area contributed by atoms with Crippen LogP contribution in [0.15, 0.2) is 46.8 Å². The number of esters is 2. The first-order chi connectivity index (χ1) is 13.2. The number of hydrogen-bond donors (Lipinski definition) is 1. The maximum atomic E-state index is 12.7. The number of methoxy groups -OCH3 is 1. The monoisotopic (exact) mass is 388 g/mol. The van der Waals surface area contributed by atoms with Crippen LogP contribution >= 0.6 is 0 Å². The van der Waals surface area contributed by atoms with Gasteiger partial charge in [-0.05, 0) is 26.3 Å². The fourth-order valence-electron chi connectivity index (χ4n) is 2.95. The first-order valence-corrected chi connectivity index (χ1v) is 8.42. The summed E-state index contributed by atoms with van der Waals surface area (Å²) in [7, 11) is 1.15. The molecule has 0 bridgehead atoms. The van der Waals surface area contributed by atoms with Gasteiger partial charge in [-0.25, -0.2) is 9.59 Å². The highest BCUT2D eigenvalue weighted by Gasteiger charge is 2.39. The number of non-ortho nitro benzene ring substituents is 1. The summed E-state index contributed by atoms with van der Waals surface area (Å²) in [6.45, 7) is 4.94. The summed E-state index contributed by atoms with van der Waals surface area (Å²) in [5.41, 5.74) is 0.588. The average molecular weight is 388 g/mol. The molecule has 1 atom stereocenters. The van der Waals surface area contributed by atoms with E-state index in [-0.39, 0.29) is 22.5 Å². The lowest BCUT2D eigenvalue weighted by molar-refractivity contribution is -0.384. The lowest BCUT2D eigenvalue weighted by Gasteiger charge is -2.30. The number of nitrogens with zero attached hydrogens (tertiary/aromatic N) is 1. The van der Waals surface area contributed by atoms with Crippen molar-refractivity contribution in [3.05, 3.63) is 62.5 Å². The number of benzene rings is 1. The molecule has 1 N–H and O–H groups in total. The Balaban J connectivity index is 2.69. The summed E-state index contributed by atoms with van der Waals surface area (Å²) >= 11 is 0. The zero-order valence-corrected chi connectivity index (χ0v) is 15.8. The predicted molar refractivity (Wildman–Crippen MR) is 98.0 cm³/mol. The molecule has 0 radical (unpaired) electrons. The molecule has 2 rings (SSSR count). The summed E-state index contributed by atoms with van der Waals surface area (Å²) < 4.78 is 10.1. The predicted octanol–water partition coefficient (Wildman–Crippen LogP) is 2.13. The van der Waals surface area contributed by atoms with Crippen molar-refractivity contribution in [2.24, 2.45) is 0 Å². The van der Waals surface area contributed by atoms with E-state index in [1.807, 2.05) is 0 Å². The van der Waals surface area contributed by atoms with E-state index in [1.165, 1.54) is 24.3 Å². The number of aldehydes is 1. The van der Waals surface area contributed by atoms with Crippen LogP contribution in [-0.4, -0.2) is 36.4 Å². The first kappa shape index (κ1) is 20.8. The number of carbonyl (C=O) groups is 3. The Hall–Kier alpha value is -3.49. The standard InChI is InChI=1S/C19H20N2O7/c1-10(2)28-19(24)15-11(3)20-14(9-22)17(18(23)27-4)16(15)12-5-7-13(8-6-12)21(25)26/h5-10,16,20H,1-4H3. The maximum absolute atomic E-state index is 12.7. The molecule has 1 unspecified atom stereocenters. The Morgan fingerprint density at radius 3 is 2.25 bits per heavy atom. The van der Waals surface area contributed by atoms with E-state index in [4.69, 9.17) is 9.47 Å². The van der Waals surface area contributed by atoms with Gasteiger partial charge in [-0.15, -0.1) is 0 Å². The first-order valence-electron chi connectivity index (χ1n) is 8.42. The topological polar surface area (TPSA) is 125 Å². The van der Waals surface area contributed by atoms with Crippen molar-refractivity contribution in [3.63, 3.8) is 0 Å². The number of allylic oxidation sites excluding steroid dienone is 2. The molecule has 1 aliphatic rings. The second-order valence-electron chi connectivity index (χ2n) is 6.34. The van der Waals surface area contributed by atoms with E-state index in [0.29, 0.717) is 17.5 Å². The molecule has 28 heavy (non-hydrogen) atoms. The third kappa shape index (κ3) is 4.08. The number of nitrogens with one attached hydrogen (secondary N) is 1. The fourth-order valence-corrected chi connectivity index (χ4v) is 2.95. The molecule has 1 aromatic rings. The minimum absolute atomic E-state index is 0.0474. The third-order valence-electron chi connectivity index (χ3n) is 4.12. The summed E-state index contributed by atoms with van der Waals surface area (Å²) in [4.78, 5) is 47.1. The molecule has 0 saturated heterocycles. The second-order valence-corrected chi connectivity index (χ2v) is 6.34. The molecule has 0 saturated carbocycles. The van der Waals surface area contributed by atoms with Crippen LogP contribution in [-0.2, 0) is 23.9 Å². The molecule has 0 spiro atoms. The minimum atomic E-state index is -0.985. The van der Waals surface area contributed by atoms with Gasteiger partial charge >= 0.3 is 11.9 Å². The van der Waals surface area contributed by atoms with Gasteiger partial charge in [-0.2, -0.15) is 0 Å². The highest BCUT2D eigenvalue weighted by Crippen LogP contribution is 2.39. The van der Waals surface area contributed by atoms with Gasteiger partial charge in [0, 0.05) is 17.8 Å². The zero-order valence-electron chi connectivity index (χ0n) is 15.8. The lowest BCUT2D eigenvalue weighted by Crippen LogP contribution is -2.34. The number of rotatable bonds is 6. The lowest BCUT2D eigenvalue weighted by atomic mass is 9.80. The Labute approximate surface area is 161 Å². The Morgan fingerprint density at radius 1 is 1.18 bits per heavy atom. The average Bonchev–Trinajstić information content (AvgIpc) is 2.65. The Kier molecular flexibility index (Phi) is 6.29. The largest absolute Gasteiger partial charge is 0.466 e. The fraction of sp³-hybridized carbons (Fsp3) is 0.316. The van der Waals surface area contributed by atoms with Crippen LogP contribution < -0.4 is 5.32 Å². The van der Waals surface area contributed by atoms with Gasteiger partial charge in [0.05, 0.1) is 40.9 Å². The zero-order chi connectivity index (χ0) is 21.0. The smallest absolute Gasteiger partial charge is 0.337 e. The summed E-state index contributed by atoms with van der Waals surface area (Å²) in [6.07, 6.45) is 0.0435.